The van der Waals surface area contributed by atoms with Gasteiger partial charge in [0, 0.05) is 39.1 Å². The molecular formula is C19H29N5. The number of guanidine groups is 1. The summed E-state index contributed by atoms with van der Waals surface area (Å²) in [6, 6.07) is 10.4. The van der Waals surface area contributed by atoms with Crippen LogP contribution in [0.3, 0.4) is 0 Å². The summed E-state index contributed by atoms with van der Waals surface area (Å²) in [6.45, 7) is 7.05. The maximum absolute atomic E-state index is 4.75. The summed E-state index contributed by atoms with van der Waals surface area (Å²) in [5.41, 5.74) is 2.38. The van der Waals surface area contributed by atoms with Crippen molar-refractivity contribution in [1.29, 1.82) is 0 Å². The van der Waals surface area contributed by atoms with E-state index in [1.165, 1.54) is 18.4 Å². The highest BCUT2D eigenvalue weighted by Crippen LogP contribution is 2.09. The lowest BCUT2D eigenvalue weighted by Gasteiger charge is -2.21. The molecule has 130 valence electrons. The van der Waals surface area contributed by atoms with Gasteiger partial charge in [0.15, 0.2) is 5.96 Å². The van der Waals surface area contributed by atoms with Crippen molar-refractivity contribution in [1.82, 2.24) is 20.0 Å². The number of rotatable bonds is 8. The summed E-state index contributed by atoms with van der Waals surface area (Å²) in [4.78, 5) is 6.96. The van der Waals surface area contributed by atoms with E-state index in [0.29, 0.717) is 0 Å². The molecule has 0 atom stereocenters. The van der Waals surface area contributed by atoms with Gasteiger partial charge in [-0.3, -0.25) is 4.99 Å². The normalized spacial score (nSPS) is 11.5. The average Bonchev–Trinajstić information content (AvgIpc) is 3.14. The molecule has 0 saturated carbocycles. The summed E-state index contributed by atoms with van der Waals surface area (Å²) in [5.74, 6) is 0.999. The predicted molar refractivity (Wildman–Crippen MR) is 101 cm³/mol. The molecule has 24 heavy (non-hydrogen) atoms. The van der Waals surface area contributed by atoms with E-state index in [-0.39, 0.29) is 0 Å². The monoisotopic (exact) mass is 327 g/mol. The van der Waals surface area contributed by atoms with Crippen LogP contribution in [-0.4, -0.2) is 47.3 Å². The van der Waals surface area contributed by atoms with Crippen LogP contribution in [0.1, 0.15) is 32.3 Å². The highest BCUT2D eigenvalue weighted by Gasteiger charge is 2.04. The molecule has 0 bridgehead atoms. The van der Waals surface area contributed by atoms with E-state index in [1.807, 2.05) is 16.9 Å². The first-order valence-corrected chi connectivity index (χ1v) is 8.83. The molecule has 2 aromatic rings. The molecule has 1 heterocycles. The summed E-state index contributed by atoms with van der Waals surface area (Å²) in [7, 11) is 2.11. The molecule has 2 rings (SSSR count). The van der Waals surface area contributed by atoms with Gasteiger partial charge in [-0.15, -0.1) is 0 Å². The van der Waals surface area contributed by atoms with Crippen molar-refractivity contribution in [3.63, 3.8) is 0 Å². The number of nitrogens with one attached hydrogen (secondary N) is 1. The van der Waals surface area contributed by atoms with Gasteiger partial charge in [-0.1, -0.05) is 25.5 Å². The molecule has 1 aromatic heterocycles. The SMILES string of the molecule is CCCCN(C)C(=NCCc1ccc(-n2cccn2)cc1)NCC. The molecule has 0 amide bonds. The summed E-state index contributed by atoms with van der Waals surface area (Å²) in [5, 5.41) is 7.62. The number of aliphatic imine (C=N–C) groups is 1. The topological polar surface area (TPSA) is 45.5 Å². The highest BCUT2D eigenvalue weighted by molar-refractivity contribution is 5.79. The van der Waals surface area contributed by atoms with Crippen molar-refractivity contribution in [2.45, 2.75) is 33.1 Å². The first-order chi connectivity index (χ1) is 11.7. The van der Waals surface area contributed by atoms with Gasteiger partial charge in [0.2, 0.25) is 0 Å². The molecule has 1 N–H and O–H groups in total. The summed E-state index contributed by atoms with van der Waals surface area (Å²) < 4.78 is 1.87. The van der Waals surface area contributed by atoms with Crippen molar-refractivity contribution in [3.8, 4) is 5.69 Å². The second-order valence-electron chi connectivity index (χ2n) is 5.88. The Labute approximate surface area is 145 Å². The Morgan fingerprint density at radius 3 is 2.67 bits per heavy atom. The zero-order chi connectivity index (χ0) is 17.2. The molecule has 0 aliphatic heterocycles. The highest BCUT2D eigenvalue weighted by atomic mass is 15.3. The number of hydrogen-bond donors (Lipinski definition) is 1. The van der Waals surface area contributed by atoms with E-state index in [0.717, 1.165) is 37.7 Å². The quantitative estimate of drug-likeness (QED) is 0.598. The Balaban J connectivity index is 1.90. The Hall–Kier alpha value is -2.30. The molecule has 0 unspecified atom stereocenters. The Morgan fingerprint density at radius 2 is 2.04 bits per heavy atom. The van der Waals surface area contributed by atoms with Crippen LogP contribution in [0, 0.1) is 0 Å². The molecule has 0 aliphatic carbocycles. The molecule has 0 saturated heterocycles. The van der Waals surface area contributed by atoms with Gasteiger partial charge in [0.05, 0.1) is 5.69 Å². The largest absolute Gasteiger partial charge is 0.357 e. The van der Waals surface area contributed by atoms with Crippen molar-refractivity contribution < 1.29 is 0 Å². The second kappa shape index (κ2) is 9.75. The molecule has 0 fully saturated rings. The van der Waals surface area contributed by atoms with Crippen LogP contribution >= 0.6 is 0 Å². The van der Waals surface area contributed by atoms with Gasteiger partial charge < -0.3 is 10.2 Å². The minimum Gasteiger partial charge on any atom is -0.357 e. The fourth-order valence-electron chi connectivity index (χ4n) is 2.50. The van der Waals surface area contributed by atoms with Crippen molar-refractivity contribution in [2.75, 3.05) is 26.7 Å². The van der Waals surface area contributed by atoms with Crippen LogP contribution in [0.4, 0.5) is 0 Å². The van der Waals surface area contributed by atoms with Gasteiger partial charge in [0.1, 0.15) is 0 Å². The lowest BCUT2D eigenvalue weighted by atomic mass is 10.1. The van der Waals surface area contributed by atoms with Gasteiger partial charge in [-0.05, 0) is 43.5 Å². The van der Waals surface area contributed by atoms with E-state index in [2.05, 4.69) is 60.5 Å². The van der Waals surface area contributed by atoms with E-state index >= 15 is 0 Å². The molecule has 0 spiro atoms. The third-order valence-corrected chi connectivity index (χ3v) is 3.91. The van der Waals surface area contributed by atoms with Crippen LogP contribution in [-0.2, 0) is 6.42 Å². The minimum atomic E-state index is 0.792. The second-order valence-corrected chi connectivity index (χ2v) is 5.88. The fourth-order valence-corrected chi connectivity index (χ4v) is 2.50. The maximum Gasteiger partial charge on any atom is 0.193 e. The molecule has 5 nitrogen and oxygen atoms in total. The van der Waals surface area contributed by atoms with Crippen molar-refractivity contribution in [2.24, 2.45) is 4.99 Å². The molecule has 1 aromatic carbocycles. The maximum atomic E-state index is 4.75. The average molecular weight is 327 g/mol. The van der Waals surface area contributed by atoms with Crippen molar-refractivity contribution in [3.05, 3.63) is 48.3 Å². The smallest absolute Gasteiger partial charge is 0.193 e. The molecule has 0 radical (unpaired) electrons. The van der Waals surface area contributed by atoms with Crippen LogP contribution < -0.4 is 5.32 Å². The third-order valence-electron chi connectivity index (χ3n) is 3.91. The Kier molecular flexibility index (Phi) is 7.33. The standard InChI is InChI=1S/C19H29N5/c1-4-6-15-23(3)19(20-5-2)21-14-12-17-8-10-18(11-9-17)24-16-7-13-22-24/h7-11,13,16H,4-6,12,14-15H2,1-3H3,(H,20,21). The van der Waals surface area contributed by atoms with Crippen LogP contribution in [0.25, 0.3) is 5.69 Å². The van der Waals surface area contributed by atoms with Crippen LogP contribution in [0.2, 0.25) is 0 Å². The lowest BCUT2D eigenvalue weighted by molar-refractivity contribution is 0.465. The molecular weight excluding hydrogens is 298 g/mol. The minimum absolute atomic E-state index is 0.792. The summed E-state index contributed by atoms with van der Waals surface area (Å²) in [6.07, 6.45) is 7.08. The number of nitrogens with zero attached hydrogens (tertiary/aromatic N) is 4. The third kappa shape index (κ3) is 5.41. The number of aromatic nitrogens is 2. The predicted octanol–water partition coefficient (Wildman–Crippen LogP) is 3.11. The van der Waals surface area contributed by atoms with E-state index in [4.69, 9.17) is 4.99 Å². The van der Waals surface area contributed by atoms with Gasteiger partial charge in [-0.2, -0.15) is 5.10 Å². The van der Waals surface area contributed by atoms with Crippen molar-refractivity contribution >= 4 is 5.96 Å². The lowest BCUT2D eigenvalue weighted by Crippen LogP contribution is -2.39. The molecule has 0 aliphatic rings. The van der Waals surface area contributed by atoms with E-state index < -0.39 is 0 Å². The number of unbranched alkanes of at least 4 members (excludes halogenated alkanes) is 1. The fraction of sp³-hybridized carbons (Fsp3) is 0.474. The first-order valence-electron chi connectivity index (χ1n) is 8.83. The Bertz CT molecular complexity index is 601. The van der Waals surface area contributed by atoms with Gasteiger partial charge >= 0.3 is 0 Å². The summed E-state index contributed by atoms with van der Waals surface area (Å²) >= 11 is 0. The van der Waals surface area contributed by atoms with Gasteiger partial charge in [-0.25, -0.2) is 4.68 Å². The van der Waals surface area contributed by atoms with E-state index in [1.54, 1.807) is 6.20 Å². The first kappa shape index (κ1) is 18.0. The van der Waals surface area contributed by atoms with Crippen LogP contribution in [0.15, 0.2) is 47.7 Å². The van der Waals surface area contributed by atoms with Gasteiger partial charge in [0.25, 0.3) is 0 Å². The van der Waals surface area contributed by atoms with E-state index in [9.17, 15) is 0 Å². The zero-order valence-corrected chi connectivity index (χ0v) is 15.1. The zero-order valence-electron chi connectivity index (χ0n) is 15.1. The Morgan fingerprint density at radius 1 is 1.25 bits per heavy atom. The van der Waals surface area contributed by atoms with Crippen LogP contribution in [0.5, 0.6) is 0 Å². The number of hydrogen-bond acceptors (Lipinski definition) is 2. The molecule has 5 heteroatoms. The number of benzene rings is 1.